The molecule has 27 heavy (non-hydrogen) atoms. The number of hydrogen-bond donors (Lipinski definition) is 2. The lowest BCUT2D eigenvalue weighted by Crippen LogP contribution is -2.31. The molecule has 0 spiro atoms. The van der Waals surface area contributed by atoms with E-state index in [0.29, 0.717) is 11.9 Å². The second-order valence-electron chi connectivity index (χ2n) is 5.73. The predicted molar refractivity (Wildman–Crippen MR) is 95.8 cm³/mol. The summed E-state index contributed by atoms with van der Waals surface area (Å²) < 4.78 is 39.6. The number of carbonyl (C=O) groups is 1. The minimum Gasteiger partial charge on any atom is -0.312 e. The molecule has 0 bridgehead atoms. The summed E-state index contributed by atoms with van der Waals surface area (Å²) in [6, 6.07) is 11.6. The maximum atomic E-state index is 12.6. The van der Waals surface area contributed by atoms with Crippen molar-refractivity contribution in [3.05, 3.63) is 76.7 Å². The summed E-state index contributed by atoms with van der Waals surface area (Å²) in [5.74, 6) is -0.592. The van der Waals surface area contributed by atoms with Crippen molar-refractivity contribution in [3.8, 4) is 5.69 Å². The van der Waals surface area contributed by atoms with Crippen LogP contribution < -0.4 is 10.9 Å². The fourth-order valence-corrected chi connectivity index (χ4v) is 2.65. The van der Waals surface area contributed by atoms with Gasteiger partial charge in [-0.05, 0) is 42.8 Å². The Bertz CT molecular complexity index is 985. The van der Waals surface area contributed by atoms with Gasteiger partial charge in [0.05, 0.1) is 10.6 Å². The van der Waals surface area contributed by atoms with Gasteiger partial charge in [-0.1, -0.05) is 23.7 Å². The number of aryl methyl sites for hydroxylation is 1. The van der Waals surface area contributed by atoms with Gasteiger partial charge >= 0.3 is 6.18 Å². The van der Waals surface area contributed by atoms with Crippen LogP contribution in [0.3, 0.4) is 0 Å². The first kappa shape index (κ1) is 18.8. The minimum absolute atomic E-state index is 0.0910. The maximum Gasteiger partial charge on any atom is 0.417 e. The van der Waals surface area contributed by atoms with Crippen LogP contribution in [0.15, 0.2) is 54.9 Å². The average Bonchev–Trinajstić information content (AvgIpc) is 3.09. The van der Waals surface area contributed by atoms with E-state index in [4.69, 9.17) is 11.6 Å². The number of anilines is 1. The molecular weight excluding hydrogens is 381 g/mol. The van der Waals surface area contributed by atoms with Gasteiger partial charge in [0.15, 0.2) is 5.82 Å². The lowest BCUT2D eigenvalue weighted by molar-refractivity contribution is -0.137. The van der Waals surface area contributed by atoms with E-state index in [2.05, 4.69) is 15.8 Å². The van der Waals surface area contributed by atoms with E-state index in [9.17, 15) is 18.0 Å². The van der Waals surface area contributed by atoms with Crippen LogP contribution in [-0.4, -0.2) is 15.5 Å². The molecule has 140 valence electrons. The fraction of sp³-hybridized carbons (Fsp3) is 0.111. The number of hydrazine groups is 1. The van der Waals surface area contributed by atoms with Crippen LogP contribution >= 0.6 is 11.6 Å². The number of amides is 1. The topological polar surface area (TPSA) is 59.0 Å². The van der Waals surface area contributed by atoms with E-state index in [1.54, 1.807) is 22.9 Å². The van der Waals surface area contributed by atoms with E-state index in [1.807, 2.05) is 31.2 Å². The zero-order valence-electron chi connectivity index (χ0n) is 14.0. The standard InChI is InChI=1S/C18H14ClF3N4O/c1-11-4-2-5-13(8-11)26-7-3-6-15(26)17(27)25-24-16-14(19)9-12(10-23-16)18(20,21)22/h2-10H,1H3,(H,23,24)(H,25,27). The zero-order chi connectivity index (χ0) is 19.6. The number of carbonyl (C=O) groups excluding carboxylic acids is 1. The predicted octanol–water partition coefficient (Wildman–Crippen LogP) is 4.61. The quantitative estimate of drug-likeness (QED) is 0.635. The lowest BCUT2D eigenvalue weighted by atomic mass is 10.2. The largest absolute Gasteiger partial charge is 0.417 e. The van der Waals surface area contributed by atoms with Gasteiger partial charge < -0.3 is 4.57 Å². The third kappa shape index (κ3) is 4.22. The Labute approximate surface area is 157 Å². The van der Waals surface area contributed by atoms with Gasteiger partial charge in [-0.2, -0.15) is 13.2 Å². The van der Waals surface area contributed by atoms with Crippen LogP contribution in [0.4, 0.5) is 19.0 Å². The molecule has 9 heteroatoms. The van der Waals surface area contributed by atoms with Gasteiger partial charge in [-0.3, -0.25) is 15.6 Å². The number of alkyl halides is 3. The smallest absolute Gasteiger partial charge is 0.312 e. The van der Waals surface area contributed by atoms with Crippen molar-refractivity contribution >= 4 is 23.3 Å². The summed E-state index contributed by atoms with van der Waals surface area (Å²) in [7, 11) is 0. The highest BCUT2D eigenvalue weighted by atomic mass is 35.5. The van der Waals surface area contributed by atoms with Crippen molar-refractivity contribution in [2.75, 3.05) is 5.43 Å². The molecule has 0 fully saturated rings. The second kappa shape index (κ2) is 7.32. The van der Waals surface area contributed by atoms with Gasteiger partial charge in [0, 0.05) is 18.1 Å². The van der Waals surface area contributed by atoms with E-state index < -0.39 is 17.6 Å². The molecule has 2 aromatic heterocycles. The molecule has 0 unspecified atom stereocenters. The SMILES string of the molecule is Cc1cccc(-n2cccc2C(=O)NNc2ncc(C(F)(F)F)cc2Cl)c1. The van der Waals surface area contributed by atoms with Crippen molar-refractivity contribution < 1.29 is 18.0 Å². The summed E-state index contributed by atoms with van der Waals surface area (Å²) in [4.78, 5) is 16.1. The second-order valence-corrected chi connectivity index (χ2v) is 6.14. The Hall–Kier alpha value is -3.00. The van der Waals surface area contributed by atoms with Crippen LogP contribution in [0.2, 0.25) is 5.02 Å². The van der Waals surface area contributed by atoms with E-state index in [1.165, 1.54) is 0 Å². The molecule has 0 aliphatic rings. The summed E-state index contributed by atoms with van der Waals surface area (Å²) in [6.45, 7) is 1.94. The Kier molecular flexibility index (Phi) is 5.09. The third-order valence-corrected chi connectivity index (χ3v) is 4.01. The highest BCUT2D eigenvalue weighted by molar-refractivity contribution is 6.33. The fourth-order valence-electron chi connectivity index (χ4n) is 2.43. The molecule has 2 heterocycles. The normalized spacial score (nSPS) is 11.3. The maximum absolute atomic E-state index is 12.6. The van der Waals surface area contributed by atoms with Crippen molar-refractivity contribution in [2.45, 2.75) is 13.1 Å². The van der Waals surface area contributed by atoms with Crippen LogP contribution in [0, 0.1) is 6.92 Å². The Morgan fingerprint density at radius 2 is 1.96 bits per heavy atom. The first-order valence-corrected chi connectivity index (χ1v) is 8.17. The monoisotopic (exact) mass is 394 g/mol. The molecule has 0 aliphatic heterocycles. The summed E-state index contributed by atoms with van der Waals surface area (Å²) >= 11 is 5.81. The molecule has 0 saturated heterocycles. The van der Waals surface area contributed by atoms with Crippen molar-refractivity contribution in [2.24, 2.45) is 0 Å². The number of nitrogens with zero attached hydrogens (tertiary/aromatic N) is 2. The van der Waals surface area contributed by atoms with Crippen molar-refractivity contribution in [3.63, 3.8) is 0 Å². The molecule has 2 N–H and O–H groups in total. The summed E-state index contributed by atoms with van der Waals surface area (Å²) in [5.41, 5.74) is 6.02. The molecule has 1 aromatic carbocycles. The number of nitrogens with one attached hydrogen (secondary N) is 2. The third-order valence-electron chi connectivity index (χ3n) is 3.72. The number of pyridine rings is 1. The van der Waals surface area contributed by atoms with Gasteiger partial charge in [0.2, 0.25) is 0 Å². The summed E-state index contributed by atoms with van der Waals surface area (Å²) in [6.07, 6.45) is -2.18. The van der Waals surface area contributed by atoms with E-state index >= 15 is 0 Å². The van der Waals surface area contributed by atoms with Crippen molar-refractivity contribution in [1.29, 1.82) is 0 Å². The number of rotatable bonds is 4. The number of aromatic nitrogens is 2. The molecule has 5 nitrogen and oxygen atoms in total. The highest BCUT2D eigenvalue weighted by Crippen LogP contribution is 2.32. The molecule has 3 aromatic rings. The Morgan fingerprint density at radius 1 is 1.19 bits per heavy atom. The van der Waals surface area contributed by atoms with E-state index in [0.717, 1.165) is 17.3 Å². The molecule has 1 amide bonds. The van der Waals surface area contributed by atoms with Crippen LogP contribution in [0.5, 0.6) is 0 Å². The number of hydrogen-bond acceptors (Lipinski definition) is 3. The van der Waals surface area contributed by atoms with Crippen molar-refractivity contribution in [1.82, 2.24) is 15.0 Å². The van der Waals surface area contributed by atoms with Crippen LogP contribution in [0.25, 0.3) is 5.69 Å². The van der Waals surface area contributed by atoms with Gasteiger partial charge in [0.25, 0.3) is 5.91 Å². The summed E-state index contributed by atoms with van der Waals surface area (Å²) in [5, 5.41) is -0.265. The molecule has 0 aliphatic carbocycles. The highest BCUT2D eigenvalue weighted by Gasteiger charge is 2.31. The first-order valence-electron chi connectivity index (χ1n) is 7.79. The zero-order valence-corrected chi connectivity index (χ0v) is 14.8. The van der Waals surface area contributed by atoms with Gasteiger partial charge in [-0.15, -0.1) is 0 Å². The number of benzene rings is 1. The lowest BCUT2D eigenvalue weighted by Gasteiger charge is -2.13. The molecule has 0 saturated carbocycles. The van der Waals surface area contributed by atoms with Crippen LogP contribution in [-0.2, 0) is 6.18 Å². The van der Waals surface area contributed by atoms with Gasteiger partial charge in [0.1, 0.15) is 5.69 Å². The minimum atomic E-state index is -4.55. The Morgan fingerprint density at radius 3 is 2.63 bits per heavy atom. The number of halogens is 4. The van der Waals surface area contributed by atoms with E-state index in [-0.39, 0.29) is 10.8 Å². The Balaban J connectivity index is 1.75. The average molecular weight is 395 g/mol. The first-order chi connectivity index (χ1) is 12.8. The van der Waals surface area contributed by atoms with Gasteiger partial charge in [-0.25, -0.2) is 4.98 Å². The molecule has 0 atom stereocenters. The van der Waals surface area contributed by atoms with Crippen LogP contribution in [0.1, 0.15) is 21.6 Å². The molecule has 0 radical (unpaired) electrons. The molecular formula is C18H14ClF3N4O. The molecule has 3 rings (SSSR count).